The molecule has 1 amide bonds. The topological polar surface area (TPSA) is 49.3 Å². The van der Waals surface area contributed by atoms with Crippen molar-refractivity contribution in [3.05, 3.63) is 11.5 Å². The number of fused-ring (bicyclic) bond motifs is 1. The van der Waals surface area contributed by atoms with Gasteiger partial charge in [-0.1, -0.05) is 6.92 Å². The number of hydrogen-bond donors (Lipinski definition) is 0. The minimum Gasteiger partial charge on any atom is -0.343 e. The molecule has 0 fully saturated rings. The van der Waals surface area contributed by atoms with E-state index in [1.54, 1.807) is 18.1 Å². The molecule has 1 atom stereocenters. The molecule has 5 nitrogen and oxygen atoms in total. The number of hydrogen-bond acceptors (Lipinski definition) is 4. The second-order valence-electron chi connectivity index (χ2n) is 4.40. The molecule has 1 aromatic heterocycles. The molecule has 1 aliphatic heterocycles. The van der Waals surface area contributed by atoms with Gasteiger partial charge in [-0.05, 0) is 24.9 Å². The van der Waals surface area contributed by atoms with Crippen LogP contribution in [0.5, 0.6) is 0 Å². The van der Waals surface area contributed by atoms with Gasteiger partial charge in [0.1, 0.15) is 11.2 Å². The highest BCUT2D eigenvalue weighted by molar-refractivity contribution is 6.28. The minimum atomic E-state index is -0.584. The normalized spacial score (nSPS) is 23.9. The zero-order chi connectivity index (χ0) is 12.8. The van der Waals surface area contributed by atoms with E-state index < -0.39 is 5.54 Å². The molecule has 0 bridgehead atoms. The average molecular weight is 255 g/mol. The van der Waals surface area contributed by atoms with E-state index in [0.717, 1.165) is 0 Å². The van der Waals surface area contributed by atoms with Crippen LogP contribution >= 0.6 is 11.6 Å². The van der Waals surface area contributed by atoms with Crippen molar-refractivity contribution in [3.8, 4) is 0 Å². The van der Waals surface area contributed by atoms with Crippen molar-refractivity contribution in [2.75, 3.05) is 23.9 Å². The van der Waals surface area contributed by atoms with Gasteiger partial charge >= 0.3 is 0 Å². The summed E-state index contributed by atoms with van der Waals surface area (Å²) in [5.74, 6) is 0.734. The lowest BCUT2D eigenvalue weighted by Gasteiger charge is -2.45. The van der Waals surface area contributed by atoms with Crippen molar-refractivity contribution in [1.29, 1.82) is 0 Å². The van der Waals surface area contributed by atoms with Gasteiger partial charge in [0.05, 0.1) is 6.20 Å². The van der Waals surface area contributed by atoms with Gasteiger partial charge in [0.25, 0.3) is 5.91 Å². The molecular weight excluding hydrogens is 240 g/mol. The van der Waals surface area contributed by atoms with E-state index in [0.29, 0.717) is 17.9 Å². The smallest absolute Gasteiger partial charge is 0.252 e. The Balaban J connectivity index is 2.63. The standard InChI is InChI=1S/C11H15ClN4O/c1-5-11(2)9(17)15(3)7-6-13-10(12)14-8(7)16(11)4/h6H,5H2,1-4H3/t11-/m0/s1. The largest absolute Gasteiger partial charge is 0.343 e. The fraction of sp³-hybridized carbons (Fsp3) is 0.545. The maximum absolute atomic E-state index is 12.3. The van der Waals surface area contributed by atoms with Crippen molar-refractivity contribution < 1.29 is 4.79 Å². The van der Waals surface area contributed by atoms with Crippen LogP contribution in [0.25, 0.3) is 0 Å². The Morgan fingerprint density at radius 1 is 1.47 bits per heavy atom. The third kappa shape index (κ3) is 1.57. The van der Waals surface area contributed by atoms with E-state index in [4.69, 9.17) is 11.6 Å². The summed E-state index contributed by atoms with van der Waals surface area (Å²) < 4.78 is 0. The van der Waals surface area contributed by atoms with Gasteiger partial charge in [-0.2, -0.15) is 4.98 Å². The lowest BCUT2D eigenvalue weighted by atomic mass is 9.92. The van der Waals surface area contributed by atoms with Crippen LogP contribution < -0.4 is 9.80 Å². The van der Waals surface area contributed by atoms with Gasteiger partial charge in [-0.15, -0.1) is 0 Å². The molecule has 0 radical (unpaired) electrons. The van der Waals surface area contributed by atoms with Gasteiger partial charge in [0, 0.05) is 14.1 Å². The van der Waals surface area contributed by atoms with Crippen LogP contribution in [0.3, 0.4) is 0 Å². The third-order valence-electron chi connectivity index (χ3n) is 3.59. The van der Waals surface area contributed by atoms with Gasteiger partial charge < -0.3 is 9.80 Å². The van der Waals surface area contributed by atoms with Gasteiger partial charge in [-0.3, -0.25) is 4.79 Å². The molecule has 0 N–H and O–H groups in total. The molecule has 1 aromatic rings. The van der Waals surface area contributed by atoms with E-state index in [1.165, 1.54) is 0 Å². The molecule has 2 heterocycles. The first kappa shape index (κ1) is 12.1. The van der Waals surface area contributed by atoms with Crippen molar-refractivity contribution in [3.63, 3.8) is 0 Å². The van der Waals surface area contributed by atoms with Crippen LogP contribution in [-0.4, -0.2) is 35.5 Å². The SMILES string of the molecule is CC[C@@]1(C)C(=O)N(C)c2cnc(Cl)nc2N1C. The van der Waals surface area contributed by atoms with Crippen molar-refractivity contribution in [2.24, 2.45) is 0 Å². The van der Waals surface area contributed by atoms with Gasteiger partial charge in [0.15, 0.2) is 5.82 Å². The van der Waals surface area contributed by atoms with E-state index in [1.807, 2.05) is 25.8 Å². The summed E-state index contributed by atoms with van der Waals surface area (Å²) in [6.45, 7) is 3.89. The first-order valence-electron chi connectivity index (χ1n) is 5.46. The first-order chi connectivity index (χ1) is 7.91. The molecule has 2 rings (SSSR count). The summed E-state index contributed by atoms with van der Waals surface area (Å²) in [6.07, 6.45) is 2.28. The molecule has 92 valence electrons. The Morgan fingerprint density at radius 3 is 2.71 bits per heavy atom. The average Bonchev–Trinajstić information content (AvgIpc) is 2.33. The maximum atomic E-state index is 12.3. The summed E-state index contributed by atoms with van der Waals surface area (Å²) in [5.41, 5.74) is 0.104. The molecule has 0 aromatic carbocycles. The number of carbonyl (C=O) groups excluding carboxylic acids is 1. The first-order valence-corrected chi connectivity index (χ1v) is 5.84. The highest BCUT2D eigenvalue weighted by atomic mass is 35.5. The number of amides is 1. The fourth-order valence-corrected chi connectivity index (χ4v) is 2.19. The fourth-order valence-electron chi connectivity index (χ4n) is 2.07. The number of rotatable bonds is 1. The van der Waals surface area contributed by atoms with E-state index in [9.17, 15) is 4.79 Å². The highest BCUT2D eigenvalue weighted by Crippen LogP contribution is 2.38. The predicted molar refractivity (Wildman–Crippen MR) is 67.6 cm³/mol. The summed E-state index contributed by atoms with van der Waals surface area (Å²) in [5, 5.41) is 0.191. The second-order valence-corrected chi connectivity index (χ2v) is 4.74. The van der Waals surface area contributed by atoms with Crippen molar-refractivity contribution >= 4 is 29.0 Å². The molecular formula is C11H15ClN4O. The lowest BCUT2D eigenvalue weighted by molar-refractivity contribution is -0.123. The number of halogens is 1. The summed E-state index contributed by atoms with van der Waals surface area (Å²) in [7, 11) is 3.59. The third-order valence-corrected chi connectivity index (χ3v) is 3.78. The van der Waals surface area contributed by atoms with E-state index >= 15 is 0 Å². The van der Waals surface area contributed by atoms with E-state index in [2.05, 4.69) is 9.97 Å². The molecule has 0 aliphatic carbocycles. The van der Waals surface area contributed by atoms with Crippen LogP contribution in [0.1, 0.15) is 20.3 Å². The lowest BCUT2D eigenvalue weighted by Crippen LogP contribution is -2.59. The van der Waals surface area contributed by atoms with Gasteiger partial charge in [-0.25, -0.2) is 4.98 Å². The molecule has 17 heavy (non-hydrogen) atoms. The zero-order valence-corrected chi connectivity index (χ0v) is 11.1. The van der Waals surface area contributed by atoms with Crippen LogP contribution in [-0.2, 0) is 4.79 Å². The second kappa shape index (κ2) is 3.84. The van der Waals surface area contributed by atoms with Crippen molar-refractivity contribution in [1.82, 2.24) is 9.97 Å². The van der Waals surface area contributed by atoms with Gasteiger partial charge in [0.2, 0.25) is 5.28 Å². The number of nitrogens with zero attached hydrogens (tertiary/aromatic N) is 4. The highest BCUT2D eigenvalue weighted by Gasteiger charge is 2.44. The minimum absolute atomic E-state index is 0.0425. The molecule has 0 saturated heterocycles. The molecule has 6 heteroatoms. The molecule has 0 spiro atoms. The molecule has 0 saturated carbocycles. The molecule has 1 aliphatic rings. The number of anilines is 2. The maximum Gasteiger partial charge on any atom is 0.252 e. The van der Waals surface area contributed by atoms with Crippen molar-refractivity contribution in [2.45, 2.75) is 25.8 Å². The Labute approximate surface area is 105 Å². The number of carbonyl (C=O) groups is 1. The van der Waals surface area contributed by atoms with E-state index in [-0.39, 0.29) is 11.2 Å². The summed E-state index contributed by atoms with van der Waals surface area (Å²) in [4.78, 5) is 23.9. The van der Waals surface area contributed by atoms with Crippen LogP contribution in [0.4, 0.5) is 11.5 Å². The predicted octanol–water partition coefficient (Wildman–Crippen LogP) is 1.71. The Morgan fingerprint density at radius 2 is 2.12 bits per heavy atom. The monoisotopic (exact) mass is 254 g/mol. The molecule has 0 unspecified atom stereocenters. The van der Waals surface area contributed by atoms with Crippen LogP contribution in [0, 0.1) is 0 Å². The van der Waals surface area contributed by atoms with Crippen LogP contribution in [0.15, 0.2) is 6.20 Å². The Bertz CT molecular complexity index is 479. The zero-order valence-electron chi connectivity index (χ0n) is 10.4. The Kier molecular flexibility index (Phi) is 2.73. The summed E-state index contributed by atoms with van der Waals surface area (Å²) in [6, 6.07) is 0. The number of aromatic nitrogens is 2. The Hall–Kier alpha value is -1.36. The van der Waals surface area contributed by atoms with Crippen LogP contribution in [0.2, 0.25) is 5.28 Å². The number of likely N-dealkylation sites (N-methyl/N-ethyl adjacent to an activating group) is 2. The quantitative estimate of drug-likeness (QED) is 0.716. The summed E-state index contributed by atoms with van der Waals surface area (Å²) >= 11 is 5.81.